The topological polar surface area (TPSA) is 95.0 Å². The SMILES string of the molecule is O=C(O[C@@H](Cc1c(Cl)cncc1Cl)c1ccc(OC(F)F)c(OCC2CC2)c1)C1SCCN1S(=O)(=O)c1cccc(Cl)c1. The number of halogens is 5. The van der Waals surface area contributed by atoms with Gasteiger partial charge in [-0.05, 0) is 60.2 Å². The highest BCUT2D eigenvalue weighted by Gasteiger charge is 2.42. The molecule has 1 unspecified atom stereocenters. The smallest absolute Gasteiger partial charge is 0.387 e. The van der Waals surface area contributed by atoms with Crippen molar-refractivity contribution in [1.29, 1.82) is 0 Å². The lowest BCUT2D eigenvalue weighted by molar-refractivity contribution is -0.150. The van der Waals surface area contributed by atoms with Gasteiger partial charge in [-0.3, -0.25) is 4.98 Å². The molecule has 8 nitrogen and oxygen atoms in total. The molecule has 0 bridgehead atoms. The summed E-state index contributed by atoms with van der Waals surface area (Å²) in [5.41, 5.74) is 0.795. The van der Waals surface area contributed by atoms with Gasteiger partial charge in [0.25, 0.3) is 0 Å². The van der Waals surface area contributed by atoms with Gasteiger partial charge in [-0.2, -0.15) is 13.1 Å². The summed E-state index contributed by atoms with van der Waals surface area (Å²) >= 11 is 19.9. The normalized spacial score (nSPS) is 18.0. The zero-order valence-electron chi connectivity index (χ0n) is 22.3. The Hall–Kier alpha value is -2.35. The number of ether oxygens (including phenoxy) is 3. The Bertz CT molecular complexity index is 1580. The second-order valence-corrected chi connectivity index (χ2v) is 14.2. The number of pyridine rings is 1. The molecule has 2 atom stereocenters. The van der Waals surface area contributed by atoms with E-state index in [1.165, 1.54) is 48.8 Å². The third-order valence-corrected chi connectivity index (χ3v) is 10.8. The summed E-state index contributed by atoms with van der Waals surface area (Å²) in [5, 5.41) is -0.521. The monoisotopic (exact) mass is 692 g/mol. The van der Waals surface area contributed by atoms with Gasteiger partial charge in [0.1, 0.15) is 6.10 Å². The molecule has 43 heavy (non-hydrogen) atoms. The second-order valence-electron chi connectivity index (χ2n) is 9.85. The molecular formula is C28H25Cl3F2N2O6S2. The average Bonchev–Trinajstić information content (AvgIpc) is 3.65. The molecule has 1 aliphatic heterocycles. The molecule has 2 heterocycles. The summed E-state index contributed by atoms with van der Waals surface area (Å²) in [7, 11) is -4.09. The van der Waals surface area contributed by atoms with Gasteiger partial charge in [-0.1, -0.05) is 46.9 Å². The molecule has 2 aliphatic rings. The summed E-state index contributed by atoms with van der Waals surface area (Å²) in [4.78, 5) is 17.6. The van der Waals surface area contributed by atoms with Crippen molar-refractivity contribution in [2.24, 2.45) is 5.92 Å². The first-order valence-electron chi connectivity index (χ1n) is 13.1. The maximum Gasteiger partial charge on any atom is 0.387 e. The van der Waals surface area contributed by atoms with Crippen LogP contribution in [-0.2, 0) is 26.0 Å². The van der Waals surface area contributed by atoms with Crippen molar-refractivity contribution in [3.05, 3.63) is 81.1 Å². The largest absolute Gasteiger partial charge is 0.489 e. The van der Waals surface area contributed by atoms with E-state index in [4.69, 9.17) is 44.3 Å². The van der Waals surface area contributed by atoms with E-state index in [0.717, 1.165) is 28.9 Å². The van der Waals surface area contributed by atoms with Crippen LogP contribution in [0, 0.1) is 5.92 Å². The van der Waals surface area contributed by atoms with E-state index in [1.807, 2.05) is 0 Å². The first-order valence-corrected chi connectivity index (χ1v) is 16.7. The minimum atomic E-state index is -4.09. The highest BCUT2D eigenvalue weighted by Crippen LogP contribution is 2.39. The number of sulfonamides is 1. The number of esters is 1. The molecule has 0 N–H and O–H groups in total. The first-order chi connectivity index (χ1) is 20.5. The molecule has 1 aliphatic carbocycles. The predicted octanol–water partition coefficient (Wildman–Crippen LogP) is 7.02. The van der Waals surface area contributed by atoms with Crippen molar-refractivity contribution >= 4 is 62.6 Å². The number of thioether (sulfide) groups is 1. The van der Waals surface area contributed by atoms with Gasteiger partial charge in [-0.15, -0.1) is 11.8 Å². The summed E-state index contributed by atoms with van der Waals surface area (Å²) in [6.45, 7) is -2.70. The Morgan fingerprint density at radius 2 is 1.81 bits per heavy atom. The molecule has 0 radical (unpaired) electrons. The van der Waals surface area contributed by atoms with E-state index in [2.05, 4.69) is 9.72 Å². The molecule has 2 fully saturated rings. The van der Waals surface area contributed by atoms with E-state index in [9.17, 15) is 22.0 Å². The van der Waals surface area contributed by atoms with Crippen LogP contribution in [0.4, 0.5) is 8.78 Å². The number of aromatic nitrogens is 1. The third kappa shape index (κ3) is 7.84. The fourth-order valence-corrected chi connectivity index (χ4v) is 8.28. The molecule has 1 saturated heterocycles. The van der Waals surface area contributed by atoms with Crippen LogP contribution in [-0.4, -0.2) is 54.6 Å². The van der Waals surface area contributed by atoms with Gasteiger partial charge in [0.05, 0.1) is 21.5 Å². The Balaban J connectivity index is 1.46. The lowest BCUT2D eigenvalue weighted by Crippen LogP contribution is -2.40. The van der Waals surface area contributed by atoms with Gasteiger partial charge >= 0.3 is 12.6 Å². The van der Waals surface area contributed by atoms with E-state index in [1.54, 1.807) is 6.07 Å². The Morgan fingerprint density at radius 1 is 1.07 bits per heavy atom. The first kappa shape index (κ1) is 32.1. The second kappa shape index (κ2) is 13.7. The molecule has 0 amide bonds. The van der Waals surface area contributed by atoms with Crippen LogP contribution < -0.4 is 9.47 Å². The molecule has 15 heteroatoms. The molecular weight excluding hydrogens is 669 g/mol. The van der Waals surface area contributed by atoms with Crippen molar-refractivity contribution in [3.8, 4) is 11.5 Å². The number of hydrogen-bond donors (Lipinski definition) is 0. The Kier molecular flexibility index (Phi) is 10.2. The highest BCUT2D eigenvalue weighted by atomic mass is 35.5. The third-order valence-electron chi connectivity index (χ3n) is 6.78. The van der Waals surface area contributed by atoms with Crippen LogP contribution in [0.15, 0.2) is 59.8 Å². The van der Waals surface area contributed by atoms with Crippen LogP contribution in [0.1, 0.15) is 30.1 Å². The molecule has 1 aromatic heterocycles. The lowest BCUT2D eigenvalue weighted by atomic mass is 10.0. The maximum absolute atomic E-state index is 13.7. The number of carbonyl (C=O) groups is 1. The van der Waals surface area contributed by atoms with Crippen LogP contribution in [0.2, 0.25) is 15.1 Å². The van der Waals surface area contributed by atoms with Crippen molar-refractivity contribution in [1.82, 2.24) is 9.29 Å². The molecule has 0 spiro atoms. The number of nitrogens with zero attached hydrogens (tertiary/aromatic N) is 2. The van der Waals surface area contributed by atoms with Crippen molar-refractivity contribution < 1.29 is 36.2 Å². The number of alkyl halides is 2. The van der Waals surface area contributed by atoms with Crippen molar-refractivity contribution in [3.63, 3.8) is 0 Å². The van der Waals surface area contributed by atoms with Crippen LogP contribution in [0.5, 0.6) is 11.5 Å². The van der Waals surface area contributed by atoms with Gasteiger partial charge in [0.15, 0.2) is 16.9 Å². The van der Waals surface area contributed by atoms with E-state index in [0.29, 0.717) is 29.4 Å². The molecule has 5 rings (SSSR count). The van der Waals surface area contributed by atoms with Gasteiger partial charge in [0.2, 0.25) is 10.0 Å². The number of rotatable bonds is 12. The molecule has 3 aromatic rings. The molecule has 1 saturated carbocycles. The minimum Gasteiger partial charge on any atom is -0.489 e. The maximum atomic E-state index is 13.7. The van der Waals surface area contributed by atoms with E-state index in [-0.39, 0.29) is 44.4 Å². The summed E-state index contributed by atoms with van der Waals surface area (Å²) < 4.78 is 70.6. The zero-order chi connectivity index (χ0) is 30.7. The average molecular weight is 694 g/mol. The number of benzene rings is 2. The molecule has 2 aromatic carbocycles. The van der Waals surface area contributed by atoms with Crippen molar-refractivity contribution in [2.75, 3.05) is 18.9 Å². The van der Waals surface area contributed by atoms with Crippen LogP contribution in [0.25, 0.3) is 0 Å². The van der Waals surface area contributed by atoms with Crippen LogP contribution >= 0.6 is 46.6 Å². The summed E-state index contributed by atoms with van der Waals surface area (Å²) in [6, 6.07) is 9.99. The molecule has 230 valence electrons. The van der Waals surface area contributed by atoms with E-state index < -0.39 is 34.1 Å². The Labute approximate surface area is 266 Å². The highest BCUT2D eigenvalue weighted by molar-refractivity contribution is 8.02. The fourth-order valence-electron chi connectivity index (χ4n) is 4.42. The number of hydrogen-bond acceptors (Lipinski definition) is 8. The number of carbonyl (C=O) groups excluding carboxylic acids is 1. The van der Waals surface area contributed by atoms with Gasteiger partial charge < -0.3 is 14.2 Å². The Morgan fingerprint density at radius 3 is 2.49 bits per heavy atom. The lowest BCUT2D eigenvalue weighted by Gasteiger charge is -2.26. The summed E-state index contributed by atoms with van der Waals surface area (Å²) in [5.74, 6) is -0.274. The van der Waals surface area contributed by atoms with Crippen molar-refractivity contribution in [2.45, 2.75) is 42.2 Å². The summed E-state index contributed by atoms with van der Waals surface area (Å²) in [6.07, 6.45) is 3.62. The van der Waals surface area contributed by atoms with Crippen LogP contribution in [0.3, 0.4) is 0 Å². The standard InChI is InChI=1S/C28H25Cl3F2N2O6S2/c29-18-2-1-3-19(11-18)43(37,38)35-8-9-42-26(35)27(36)40-24(12-20-21(30)13-34-14-22(20)31)17-6-7-23(41-28(32)33)25(10-17)39-15-16-4-5-16/h1-3,6-7,10-11,13-14,16,24,26,28H,4-5,8-9,12,15H2/t24-,26?/m0/s1. The quantitative estimate of drug-likeness (QED) is 0.187. The van der Waals surface area contributed by atoms with Gasteiger partial charge in [0, 0.05) is 36.1 Å². The minimum absolute atomic E-state index is 0.0263. The van der Waals surface area contributed by atoms with E-state index >= 15 is 0 Å². The van der Waals surface area contributed by atoms with Gasteiger partial charge in [-0.25, -0.2) is 13.2 Å². The predicted molar refractivity (Wildman–Crippen MR) is 160 cm³/mol. The zero-order valence-corrected chi connectivity index (χ0v) is 26.2. The fraction of sp³-hybridized carbons (Fsp3) is 0.357.